The molecule has 0 heterocycles. The summed E-state index contributed by atoms with van der Waals surface area (Å²) in [6.07, 6.45) is 8.97. The van der Waals surface area contributed by atoms with E-state index in [0.717, 1.165) is 22.7 Å². The van der Waals surface area contributed by atoms with Gasteiger partial charge >= 0.3 is 0 Å². The first kappa shape index (κ1) is 44.9. The average molecular weight is 949 g/mol. The largest absolute Gasteiger partial charge is 0.310 e. The van der Waals surface area contributed by atoms with Crippen LogP contribution in [0.4, 0.5) is 34.1 Å². The Hall–Kier alpha value is -8.98. The lowest BCUT2D eigenvalue weighted by Gasteiger charge is -2.29. The Kier molecular flexibility index (Phi) is 10.9. The summed E-state index contributed by atoms with van der Waals surface area (Å²) in [5.41, 5.74) is 22.0. The Morgan fingerprint density at radius 2 is 0.595 bits per heavy atom. The van der Waals surface area contributed by atoms with Crippen LogP contribution in [-0.2, 0) is 10.8 Å². The Labute approximate surface area is 435 Å². The van der Waals surface area contributed by atoms with E-state index in [2.05, 4.69) is 304 Å². The maximum absolute atomic E-state index is 2.42. The van der Waals surface area contributed by atoms with Crippen molar-refractivity contribution in [2.45, 2.75) is 38.5 Å². The standard InChI is InChI=1S/C72H56N2/c1-71(2)65-45-51(37-41-61(65)63-43-39-57(47-67(63)71)73(55-21-7-5-8-22-55)69-27-15-19-53-17-11-13-25-59(53)69)35-33-49-29-31-50(32-30-49)34-36-52-38-42-62-64-44-40-58(48-68(64)72(3,4)66(62)46-52)74(56-23-9-6-10-24-56)70-28-16-20-54-18-12-14-26-60(54)70/h5-48H,1-4H3. The van der Waals surface area contributed by atoms with Crippen LogP contribution in [0.3, 0.4) is 0 Å². The second-order valence-corrected chi connectivity index (χ2v) is 21.0. The highest BCUT2D eigenvalue weighted by Gasteiger charge is 2.38. The predicted octanol–water partition coefficient (Wildman–Crippen LogP) is 19.9. The Morgan fingerprint density at radius 1 is 0.270 bits per heavy atom. The molecule has 0 spiro atoms. The third kappa shape index (κ3) is 7.74. The number of para-hydroxylation sites is 2. The van der Waals surface area contributed by atoms with E-state index in [9.17, 15) is 0 Å². The normalized spacial score (nSPS) is 13.8. The molecule has 13 rings (SSSR count). The summed E-state index contributed by atoms with van der Waals surface area (Å²) >= 11 is 0. The molecule has 0 radical (unpaired) electrons. The van der Waals surface area contributed by atoms with Gasteiger partial charge in [-0.1, -0.05) is 234 Å². The zero-order valence-electron chi connectivity index (χ0n) is 42.3. The van der Waals surface area contributed by atoms with Crippen molar-refractivity contribution in [3.63, 3.8) is 0 Å². The molecule has 11 aromatic rings. The second-order valence-electron chi connectivity index (χ2n) is 21.0. The van der Waals surface area contributed by atoms with Gasteiger partial charge in [-0.15, -0.1) is 0 Å². The van der Waals surface area contributed by atoms with Crippen molar-refractivity contribution < 1.29 is 0 Å². The molecule has 11 aromatic carbocycles. The molecule has 2 aliphatic carbocycles. The minimum Gasteiger partial charge on any atom is -0.310 e. The second kappa shape index (κ2) is 17.9. The van der Waals surface area contributed by atoms with Crippen molar-refractivity contribution in [2.24, 2.45) is 0 Å². The lowest BCUT2D eigenvalue weighted by Crippen LogP contribution is -2.16. The third-order valence-corrected chi connectivity index (χ3v) is 15.8. The van der Waals surface area contributed by atoms with Crippen LogP contribution in [0.1, 0.15) is 72.2 Å². The molecule has 2 heteroatoms. The topological polar surface area (TPSA) is 6.48 Å². The van der Waals surface area contributed by atoms with Gasteiger partial charge < -0.3 is 9.80 Å². The number of rotatable bonds is 10. The van der Waals surface area contributed by atoms with Gasteiger partial charge in [0.1, 0.15) is 0 Å². The quantitative estimate of drug-likeness (QED) is 0.126. The molecule has 0 atom stereocenters. The number of benzene rings is 11. The summed E-state index contributed by atoms with van der Waals surface area (Å²) < 4.78 is 0. The summed E-state index contributed by atoms with van der Waals surface area (Å²) in [6, 6.07) is 88.9. The molecule has 0 amide bonds. The van der Waals surface area contributed by atoms with Gasteiger partial charge in [0.2, 0.25) is 0 Å². The molecule has 2 nitrogen and oxygen atoms in total. The van der Waals surface area contributed by atoms with E-state index >= 15 is 0 Å². The summed E-state index contributed by atoms with van der Waals surface area (Å²) in [5.74, 6) is 0. The number of hydrogen-bond donors (Lipinski definition) is 0. The average Bonchev–Trinajstić information content (AvgIpc) is 3.81. The minimum absolute atomic E-state index is 0.176. The first-order valence-corrected chi connectivity index (χ1v) is 25.9. The maximum Gasteiger partial charge on any atom is 0.0540 e. The Balaban J connectivity index is 0.727. The molecule has 0 N–H and O–H groups in total. The van der Waals surface area contributed by atoms with Gasteiger partial charge in [0.15, 0.2) is 0 Å². The highest BCUT2D eigenvalue weighted by molar-refractivity contribution is 6.01. The molecule has 0 bridgehead atoms. The molecule has 0 aliphatic heterocycles. The van der Waals surface area contributed by atoms with E-state index in [4.69, 9.17) is 0 Å². The first-order chi connectivity index (χ1) is 36.2. The van der Waals surface area contributed by atoms with Crippen LogP contribution < -0.4 is 9.80 Å². The molecular formula is C72H56N2. The van der Waals surface area contributed by atoms with E-state index in [1.54, 1.807) is 0 Å². The van der Waals surface area contributed by atoms with Crippen molar-refractivity contribution in [3.8, 4) is 22.3 Å². The van der Waals surface area contributed by atoms with Crippen LogP contribution in [0.15, 0.2) is 243 Å². The van der Waals surface area contributed by atoms with Crippen molar-refractivity contribution in [2.75, 3.05) is 9.80 Å². The monoisotopic (exact) mass is 948 g/mol. The Morgan fingerprint density at radius 3 is 1.01 bits per heavy atom. The van der Waals surface area contributed by atoms with E-state index in [1.165, 1.54) is 99.7 Å². The summed E-state index contributed by atoms with van der Waals surface area (Å²) in [4.78, 5) is 4.82. The number of nitrogens with zero attached hydrogens (tertiary/aromatic N) is 2. The molecule has 74 heavy (non-hydrogen) atoms. The maximum atomic E-state index is 2.42. The van der Waals surface area contributed by atoms with Gasteiger partial charge in [-0.05, 0) is 138 Å². The highest BCUT2D eigenvalue weighted by atomic mass is 15.1. The predicted molar refractivity (Wildman–Crippen MR) is 317 cm³/mol. The van der Waals surface area contributed by atoms with Crippen molar-refractivity contribution in [1.82, 2.24) is 0 Å². The van der Waals surface area contributed by atoms with Crippen LogP contribution in [0.25, 0.3) is 68.1 Å². The first-order valence-electron chi connectivity index (χ1n) is 25.9. The lowest BCUT2D eigenvalue weighted by molar-refractivity contribution is 0.660. The van der Waals surface area contributed by atoms with Gasteiger partial charge in [-0.25, -0.2) is 0 Å². The third-order valence-electron chi connectivity index (χ3n) is 15.8. The zero-order chi connectivity index (χ0) is 50.0. The van der Waals surface area contributed by atoms with Crippen LogP contribution in [0.5, 0.6) is 0 Å². The molecular weight excluding hydrogens is 893 g/mol. The Bertz CT molecular complexity index is 3730. The van der Waals surface area contributed by atoms with Crippen LogP contribution in [-0.4, -0.2) is 0 Å². The summed E-state index contributed by atoms with van der Waals surface area (Å²) in [6.45, 7) is 9.49. The van der Waals surface area contributed by atoms with Gasteiger partial charge in [-0.2, -0.15) is 0 Å². The molecule has 0 saturated carbocycles. The van der Waals surface area contributed by atoms with Crippen molar-refractivity contribution in [1.29, 1.82) is 0 Å². The van der Waals surface area contributed by atoms with Crippen LogP contribution in [0, 0.1) is 0 Å². The molecule has 2 aliphatic rings. The van der Waals surface area contributed by atoms with Crippen molar-refractivity contribution in [3.05, 3.63) is 287 Å². The SMILES string of the molecule is CC1(C)c2cc(C=Cc3ccc(C=Cc4ccc5c(c4)C(C)(C)c4cc(N(c6ccccc6)c6cccc7ccccc67)ccc4-5)cc3)ccc2-c2ccc(N(c3ccccc3)c3cccc4ccccc34)cc21. The molecule has 0 aromatic heterocycles. The van der Waals surface area contributed by atoms with Crippen LogP contribution >= 0.6 is 0 Å². The molecule has 354 valence electrons. The number of anilines is 6. The van der Waals surface area contributed by atoms with E-state index in [0.29, 0.717) is 0 Å². The number of hydrogen-bond acceptors (Lipinski definition) is 2. The van der Waals surface area contributed by atoms with Crippen molar-refractivity contribution >= 4 is 80.0 Å². The van der Waals surface area contributed by atoms with Gasteiger partial charge in [0, 0.05) is 44.4 Å². The summed E-state index contributed by atoms with van der Waals surface area (Å²) in [7, 11) is 0. The fourth-order valence-electron chi connectivity index (χ4n) is 11.9. The van der Waals surface area contributed by atoms with Crippen LogP contribution in [0.2, 0.25) is 0 Å². The van der Waals surface area contributed by atoms with E-state index in [1.807, 2.05) is 0 Å². The molecule has 0 unspecified atom stereocenters. The fraction of sp³-hybridized carbons (Fsp3) is 0.0833. The van der Waals surface area contributed by atoms with E-state index < -0.39 is 0 Å². The fourth-order valence-corrected chi connectivity index (χ4v) is 11.9. The lowest BCUT2D eigenvalue weighted by atomic mass is 9.81. The highest BCUT2D eigenvalue weighted by Crippen LogP contribution is 2.53. The summed E-state index contributed by atoms with van der Waals surface area (Å²) in [5, 5.41) is 4.93. The smallest absolute Gasteiger partial charge is 0.0540 e. The number of fused-ring (bicyclic) bond motifs is 8. The van der Waals surface area contributed by atoms with Gasteiger partial charge in [0.05, 0.1) is 11.4 Å². The van der Waals surface area contributed by atoms with Gasteiger partial charge in [0.25, 0.3) is 0 Å². The minimum atomic E-state index is -0.176. The molecule has 0 saturated heterocycles. The van der Waals surface area contributed by atoms with Gasteiger partial charge in [-0.3, -0.25) is 0 Å². The molecule has 0 fully saturated rings. The zero-order valence-corrected chi connectivity index (χ0v) is 42.3. The van der Waals surface area contributed by atoms with E-state index in [-0.39, 0.29) is 10.8 Å².